The van der Waals surface area contributed by atoms with E-state index < -0.39 is 28.4 Å². The van der Waals surface area contributed by atoms with Crippen LogP contribution in [0.25, 0.3) is 0 Å². The number of benzene rings is 1. The summed E-state index contributed by atoms with van der Waals surface area (Å²) >= 11 is 0. The second-order valence-corrected chi connectivity index (χ2v) is 6.58. The highest BCUT2D eigenvalue weighted by Crippen LogP contribution is 2.22. The normalized spacial score (nSPS) is 13.2. The summed E-state index contributed by atoms with van der Waals surface area (Å²) < 4.78 is 31.7. The van der Waals surface area contributed by atoms with E-state index in [4.69, 9.17) is 4.74 Å². The molecule has 0 aliphatic carbocycles. The fourth-order valence-corrected chi connectivity index (χ4v) is 2.53. The Kier molecular flexibility index (Phi) is 5.56. The smallest absolute Gasteiger partial charge is 0.422 e. The quantitative estimate of drug-likeness (QED) is 0.863. The summed E-state index contributed by atoms with van der Waals surface area (Å²) in [6.45, 7) is 4.91. The van der Waals surface area contributed by atoms with E-state index in [0.29, 0.717) is 5.56 Å². The van der Waals surface area contributed by atoms with E-state index in [1.54, 1.807) is 32.9 Å². The Balaban J connectivity index is 2.82. The van der Waals surface area contributed by atoms with Crippen LogP contribution in [0.5, 0.6) is 5.75 Å². The molecule has 1 unspecified atom stereocenters. The Bertz CT molecular complexity index is 583. The highest BCUT2D eigenvalue weighted by Gasteiger charge is 2.27. The predicted molar refractivity (Wildman–Crippen MR) is 78.0 cm³/mol. The van der Waals surface area contributed by atoms with Crippen LogP contribution in [0.15, 0.2) is 24.3 Å². The van der Waals surface area contributed by atoms with Crippen molar-refractivity contribution in [1.29, 1.82) is 0 Å². The first kappa shape index (κ1) is 17.3. The SMILES string of the molecule is CC(C)OC(=O)NS(=O)(=O)N(C)C(C)c1ccc(O)cc1. The van der Waals surface area contributed by atoms with Crippen LogP contribution in [0.4, 0.5) is 4.79 Å². The van der Waals surface area contributed by atoms with E-state index in [-0.39, 0.29) is 5.75 Å². The maximum Gasteiger partial charge on any atom is 0.422 e. The molecule has 1 aromatic rings. The Morgan fingerprint density at radius 1 is 1.24 bits per heavy atom. The van der Waals surface area contributed by atoms with Crippen molar-refractivity contribution in [2.45, 2.75) is 32.9 Å². The molecule has 0 aliphatic heterocycles. The lowest BCUT2D eigenvalue weighted by molar-refractivity contribution is 0.121. The van der Waals surface area contributed by atoms with Crippen LogP contribution in [0.2, 0.25) is 0 Å². The van der Waals surface area contributed by atoms with E-state index in [1.165, 1.54) is 19.2 Å². The number of amides is 1. The van der Waals surface area contributed by atoms with Gasteiger partial charge in [-0.15, -0.1) is 0 Å². The molecule has 1 atom stereocenters. The number of carbonyl (C=O) groups excluding carboxylic acids is 1. The predicted octanol–water partition coefficient (Wildman–Crippen LogP) is 1.76. The Morgan fingerprint density at radius 2 is 1.76 bits per heavy atom. The van der Waals surface area contributed by atoms with Crippen LogP contribution in [-0.4, -0.2) is 37.1 Å². The van der Waals surface area contributed by atoms with Crippen LogP contribution < -0.4 is 4.72 Å². The van der Waals surface area contributed by atoms with Crippen molar-refractivity contribution in [3.63, 3.8) is 0 Å². The molecule has 1 rings (SSSR count). The van der Waals surface area contributed by atoms with Gasteiger partial charge in [0.05, 0.1) is 6.10 Å². The molecule has 0 saturated carbocycles. The van der Waals surface area contributed by atoms with E-state index in [2.05, 4.69) is 0 Å². The Hall–Kier alpha value is -1.80. The minimum absolute atomic E-state index is 0.0927. The van der Waals surface area contributed by atoms with Gasteiger partial charge in [-0.05, 0) is 38.5 Å². The fourth-order valence-electron chi connectivity index (χ4n) is 1.59. The van der Waals surface area contributed by atoms with Crippen LogP contribution in [-0.2, 0) is 14.9 Å². The average Bonchev–Trinajstić information content (AvgIpc) is 2.36. The average molecular weight is 316 g/mol. The molecule has 2 N–H and O–H groups in total. The molecule has 8 heteroatoms. The maximum absolute atomic E-state index is 12.1. The number of hydrogen-bond donors (Lipinski definition) is 2. The maximum atomic E-state index is 12.1. The number of ether oxygens (including phenoxy) is 1. The summed E-state index contributed by atoms with van der Waals surface area (Å²) in [5, 5.41) is 9.23. The van der Waals surface area contributed by atoms with Crippen molar-refractivity contribution in [2.75, 3.05) is 7.05 Å². The molecule has 21 heavy (non-hydrogen) atoms. The van der Waals surface area contributed by atoms with Crippen molar-refractivity contribution >= 4 is 16.3 Å². The number of aromatic hydroxyl groups is 1. The second kappa shape index (κ2) is 6.77. The summed E-state index contributed by atoms with van der Waals surface area (Å²) in [5.41, 5.74) is 0.679. The van der Waals surface area contributed by atoms with Gasteiger partial charge >= 0.3 is 16.3 Å². The van der Waals surface area contributed by atoms with Gasteiger partial charge in [-0.1, -0.05) is 12.1 Å². The van der Waals surface area contributed by atoms with Gasteiger partial charge in [0.1, 0.15) is 5.75 Å². The lowest BCUT2D eigenvalue weighted by atomic mass is 10.1. The molecule has 0 bridgehead atoms. The molecule has 0 radical (unpaired) electrons. The van der Waals surface area contributed by atoms with E-state index >= 15 is 0 Å². The summed E-state index contributed by atoms with van der Waals surface area (Å²) in [6, 6.07) is 5.63. The van der Waals surface area contributed by atoms with Gasteiger partial charge in [-0.25, -0.2) is 9.52 Å². The monoisotopic (exact) mass is 316 g/mol. The van der Waals surface area contributed by atoms with Crippen molar-refractivity contribution in [1.82, 2.24) is 9.03 Å². The van der Waals surface area contributed by atoms with Gasteiger partial charge in [0.2, 0.25) is 0 Å². The molecule has 1 amide bonds. The zero-order chi connectivity index (χ0) is 16.2. The van der Waals surface area contributed by atoms with Crippen molar-refractivity contribution in [2.24, 2.45) is 0 Å². The first-order valence-electron chi connectivity index (χ1n) is 6.39. The molecule has 0 heterocycles. The molecular formula is C13H20N2O5S. The third kappa shape index (κ3) is 4.91. The Morgan fingerprint density at radius 3 is 2.24 bits per heavy atom. The van der Waals surface area contributed by atoms with Crippen LogP contribution >= 0.6 is 0 Å². The van der Waals surface area contributed by atoms with Crippen molar-refractivity contribution < 1.29 is 23.1 Å². The van der Waals surface area contributed by atoms with Crippen LogP contribution in [0.1, 0.15) is 32.4 Å². The first-order valence-corrected chi connectivity index (χ1v) is 7.83. The summed E-state index contributed by atoms with van der Waals surface area (Å²) in [6.07, 6.45) is -1.44. The van der Waals surface area contributed by atoms with E-state index in [9.17, 15) is 18.3 Å². The molecule has 0 aromatic heterocycles. The Labute approximate surface area is 124 Å². The van der Waals surface area contributed by atoms with E-state index in [1.807, 2.05) is 4.72 Å². The summed E-state index contributed by atoms with van der Waals surface area (Å²) in [7, 11) is -2.67. The lowest BCUT2D eigenvalue weighted by Crippen LogP contribution is -2.43. The van der Waals surface area contributed by atoms with E-state index in [0.717, 1.165) is 4.31 Å². The largest absolute Gasteiger partial charge is 0.508 e. The van der Waals surface area contributed by atoms with Gasteiger partial charge in [0.15, 0.2) is 0 Å². The minimum Gasteiger partial charge on any atom is -0.508 e. The zero-order valence-corrected chi connectivity index (χ0v) is 13.2. The number of nitrogens with zero attached hydrogens (tertiary/aromatic N) is 1. The minimum atomic E-state index is -4.02. The highest BCUT2D eigenvalue weighted by molar-refractivity contribution is 7.87. The number of nitrogens with one attached hydrogen (secondary N) is 1. The second-order valence-electron chi connectivity index (χ2n) is 4.84. The molecule has 0 fully saturated rings. The van der Waals surface area contributed by atoms with Gasteiger partial charge in [0, 0.05) is 13.1 Å². The third-order valence-electron chi connectivity index (χ3n) is 2.86. The number of hydrogen-bond acceptors (Lipinski definition) is 5. The van der Waals surface area contributed by atoms with Gasteiger partial charge in [0.25, 0.3) is 0 Å². The number of rotatable bonds is 5. The summed E-state index contributed by atoms with van der Waals surface area (Å²) in [5.74, 6) is 0.0927. The molecule has 0 aliphatic rings. The van der Waals surface area contributed by atoms with Crippen LogP contribution in [0.3, 0.4) is 0 Å². The number of phenols is 1. The lowest BCUT2D eigenvalue weighted by Gasteiger charge is -2.24. The molecule has 0 saturated heterocycles. The van der Waals surface area contributed by atoms with Gasteiger partial charge < -0.3 is 9.84 Å². The molecule has 118 valence electrons. The zero-order valence-electron chi connectivity index (χ0n) is 12.4. The van der Waals surface area contributed by atoms with Crippen LogP contribution in [0, 0.1) is 0 Å². The first-order chi connectivity index (χ1) is 9.63. The topological polar surface area (TPSA) is 95.9 Å². The fraction of sp³-hybridized carbons (Fsp3) is 0.462. The highest BCUT2D eigenvalue weighted by atomic mass is 32.2. The standard InChI is InChI=1S/C13H20N2O5S/c1-9(2)20-13(17)14-21(18,19)15(4)10(3)11-5-7-12(16)8-6-11/h5-10,16H,1-4H3,(H,14,17). The van der Waals surface area contributed by atoms with Crippen molar-refractivity contribution in [3.8, 4) is 5.75 Å². The van der Waals surface area contributed by atoms with Crippen molar-refractivity contribution in [3.05, 3.63) is 29.8 Å². The molecule has 7 nitrogen and oxygen atoms in total. The van der Waals surface area contributed by atoms with Gasteiger partial charge in [-0.3, -0.25) is 0 Å². The number of carbonyl (C=O) groups is 1. The summed E-state index contributed by atoms with van der Waals surface area (Å²) in [4.78, 5) is 11.4. The van der Waals surface area contributed by atoms with Gasteiger partial charge in [-0.2, -0.15) is 12.7 Å². The molecule has 1 aromatic carbocycles. The number of phenolic OH excluding ortho intramolecular Hbond substituents is 1. The molecule has 0 spiro atoms. The molecular weight excluding hydrogens is 296 g/mol. The third-order valence-corrected chi connectivity index (χ3v) is 4.35.